The minimum absolute atomic E-state index is 0.00717. The summed E-state index contributed by atoms with van der Waals surface area (Å²) in [6.07, 6.45) is 1.05. The van der Waals surface area contributed by atoms with Crippen LogP contribution in [0.2, 0.25) is 0 Å². The summed E-state index contributed by atoms with van der Waals surface area (Å²) in [4.78, 5) is 2.57. The maximum atomic E-state index is 6.45. The van der Waals surface area contributed by atoms with Crippen LogP contribution in [0.1, 0.15) is 28.7 Å². The van der Waals surface area contributed by atoms with Gasteiger partial charge >= 0.3 is 0 Å². The predicted molar refractivity (Wildman–Crippen MR) is 114 cm³/mol. The summed E-state index contributed by atoms with van der Waals surface area (Å²) in [5, 5.41) is 0. The van der Waals surface area contributed by atoms with E-state index in [2.05, 4.69) is 96.8 Å². The van der Waals surface area contributed by atoms with Crippen LogP contribution in [0.4, 0.5) is 0 Å². The Balaban J connectivity index is 1.71. The number of halogens is 1. The number of likely N-dealkylation sites (tertiary alicyclic amines) is 1. The molecule has 1 nitrogen and oxygen atoms in total. The third-order valence-electron chi connectivity index (χ3n) is 5.91. The third-order valence-corrected chi connectivity index (χ3v) is 6.27. The van der Waals surface area contributed by atoms with Crippen molar-refractivity contribution in [1.82, 2.24) is 4.90 Å². The van der Waals surface area contributed by atoms with Crippen LogP contribution in [0.3, 0.4) is 0 Å². The summed E-state index contributed by atoms with van der Waals surface area (Å²) in [7, 11) is 0. The van der Waals surface area contributed by atoms with Crippen molar-refractivity contribution in [1.29, 1.82) is 0 Å². The minimum atomic E-state index is -0.00717. The number of aryl methyl sites for hydroxylation is 1. The second-order valence-electron chi connectivity index (χ2n) is 7.72. The molecule has 1 aliphatic rings. The molecule has 4 rings (SSSR count). The van der Waals surface area contributed by atoms with Gasteiger partial charge in [0, 0.05) is 30.4 Å². The summed E-state index contributed by atoms with van der Waals surface area (Å²) < 4.78 is 0. The highest BCUT2D eigenvalue weighted by atomic mass is 35.5. The molecule has 1 saturated heterocycles. The van der Waals surface area contributed by atoms with Crippen LogP contribution in [0.25, 0.3) is 0 Å². The van der Waals surface area contributed by atoms with Crippen LogP contribution < -0.4 is 0 Å². The standard InChI is InChI=1S/C25H26ClN/c1-20-12-14-21(15-13-20)18-27-19-25(16-24(27)17-26,22-8-4-2-5-9-22)23-10-6-3-7-11-23/h2-15,24H,16-19H2,1H3. The molecule has 1 atom stereocenters. The van der Waals surface area contributed by atoms with Gasteiger partial charge in [-0.3, -0.25) is 4.90 Å². The average Bonchev–Trinajstić information content (AvgIpc) is 3.11. The Morgan fingerprint density at radius 2 is 1.41 bits per heavy atom. The van der Waals surface area contributed by atoms with Crippen molar-refractivity contribution in [3.05, 3.63) is 107 Å². The molecule has 3 aromatic rings. The molecule has 27 heavy (non-hydrogen) atoms. The molecule has 1 fully saturated rings. The Morgan fingerprint density at radius 1 is 0.852 bits per heavy atom. The number of hydrogen-bond acceptors (Lipinski definition) is 1. The molecule has 2 heteroatoms. The summed E-state index contributed by atoms with van der Waals surface area (Å²) in [6, 6.07) is 31.1. The summed E-state index contributed by atoms with van der Waals surface area (Å²) in [6.45, 7) is 4.07. The Hall–Kier alpha value is -2.09. The van der Waals surface area contributed by atoms with Crippen LogP contribution >= 0.6 is 11.6 Å². The quantitative estimate of drug-likeness (QED) is 0.510. The molecule has 0 spiro atoms. The first-order chi connectivity index (χ1) is 13.2. The molecule has 138 valence electrons. The Bertz CT molecular complexity index is 818. The SMILES string of the molecule is Cc1ccc(CN2CC(c3ccccc3)(c3ccccc3)CC2CCl)cc1. The topological polar surface area (TPSA) is 3.24 Å². The van der Waals surface area contributed by atoms with Gasteiger partial charge in [-0.05, 0) is 30.0 Å². The maximum Gasteiger partial charge on any atom is 0.0380 e. The highest BCUT2D eigenvalue weighted by Gasteiger charge is 2.45. The molecule has 3 aromatic carbocycles. The van der Waals surface area contributed by atoms with E-state index in [0.29, 0.717) is 11.9 Å². The zero-order valence-electron chi connectivity index (χ0n) is 15.8. The summed E-state index contributed by atoms with van der Waals surface area (Å²) in [5.74, 6) is 0.660. The Morgan fingerprint density at radius 3 is 1.93 bits per heavy atom. The number of alkyl halides is 1. The molecule has 0 saturated carbocycles. The van der Waals surface area contributed by atoms with Crippen LogP contribution in [0.5, 0.6) is 0 Å². The first kappa shape index (κ1) is 18.3. The minimum Gasteiger partial charge on any atom is -0.294 e. The van der Waals surface area contributed by atoms with Gasteiger partial charge in [0.15, 0.2) is 0 Å². The molecule has 0 bridgehead atoms. The smallest absolute Gasteiger partial charge is 0.0380 e. The van der Waals surface area contributed by atoms with Crippen LogP contribution in [-0.4, -0.2) is 23.4 Å². The normalized spacial score (nSPS) is 19.3. The van der Waals surface area contributed by atoms with E-state index in [1.807, 2.05) is 0 Å². The van der Waals surface area contributed by atoms with E-state index in [-0.39, 0.29) is 5.41 Å². The molecule has 0 aliphatic carbocycles. The van der Waals surface area contributed by atoms with Gasteiger partial charge in [-0.25, -0.2) is 0 Å². The van der Waals surface area contributed by atoms with Gasteiger partial charge in [-0.2, -0.15) is 0 Å². The van der Waals surface area contributed by atoms with E-state index < -0.39 is 0 Å². The van der Waals surface area contributed by atoms with E-state index in [9.17, 15) is 0 Å². The van der Waals surface area contributed by atoms with E-state index in [4.69, 9.17) is 11.6 Å². The van der Waals surface area contributed by atoms with Crippen LogP contribution in [0.15, 0.2) is 84.9 Å². The first-order valence-corrected chi connectivity index (χ1v) is 10.2. The molecular weight excluding hydrogens is 350 g/mol. The van der Waals surface area contributed by atoms with Gasteiger partial charge < -0.3 is 0 Å². The van der Waals surface area contributed by atoms with Gasteiger partial charge in [0.2, 0.25) is 0 Å². The van der Waals surface area contributed by atoms with Gasteiger partial charge in [0.25, 0.3) is 0 Å². The predicted octanol–water partition coefficient (Wildman–Crippen LogP) is 5.79. The zero-order valence-corrected chi connectivity index (χ0v) is 16.6. The van der Waals surface area contributed by atoms with Crippen molar-refractivity contribution in [2.24, 2.45) is 0 Å². The third kappa shape index (κ3) is 3.67. The summed E-state index contributed by atoms with van der Waals surface area (Å²) >= 11 is 6.45. The lowest BCUT2D eigenvalue weighted by Crippen LogP contribution is -2.33. The Kier molecular flexibility index (Phi) is 5.33. The van der Waals surface area contributed by atoms with Gasteiger partial charge in [-0.15, -0.1) is 11.6 Å². The number of rotatable bonds is 5. The second kappa shape index (κ2) is 7.88. The number of benzene rings is 3. The van der Waals surface area contributed by atoms with E-state index in [1.165, 1.54) is 22.3 Å². The van der Waals surface area contributed by atoms with E-state index >= 15 is 0 Å². The zero-order chi connectivity index (χ0) is 18.7. The highest BCUT2D eigenvalue weighted by molar-refractivity contribution is 6.18. The van der Waals surface area contributed by atoms with Crippen molar-refractivity contribution >= 4 is 11.6 Å². The van der Waals surface area contributed by atoms with Crippen molar-refractivity contribution in [2.45, 2.75) is 31.3 Å². The van der Waals surface area contributed by atoms with Gasteiger partial charge in [0.05, 0.1) is 0 Å². The molecule has 0 aromatic heterocycles. The van der Waals surface area contributed by atoms with Crippen LogP contribution in [0, 0.1) is 6.92 Å². The average molecular weight is 376 g/mol. The lowest BCUT2D eigenvalue weighted by atomic mass is 9.73. The van der Waals surface area contributed by atoms with Crippen molar-refractivity contribution in [3.63, 3.8) is 0 Å². The van der Waals surface area contributed by atoms with Crippen molar-refractivity contribution in [3.8, 4) is 0 Å². The fraction of sp³-hybridized carbons (Fsp3) is 0.280. The fourth-order valence-electron chi connectivity index (χ4n) is 4.44. The van der Waals surface area contributed by atoms with E-state index in [0.717, 1.165) is 19.5 Å². The van der Waals surface area contributed by atoms with Gasteiger partial charge in [-0.1, -0.05) is 90.5 Å². The van der Waals surface area contributed by atoms with E-state index in [1.54, 1.807) is 0 Å². The molecule has 1 unspecified atom stereocenters. The lowest BCUT2D eigenvalue weighted by molar-refractivity contribution is 0.257. The molecule has 0 N–H and O–H groups in total. The van der Waals surface area contributed by atoms with Crippen molar-refractivity contribution < 1.29 is 0 Å². The van der Waals surface area contributed by atoms with Crippen molar-refractivity contribution in [2.75, 3.05) is 12.4 Å². The Labute approximate surface area is 167 Å². The fourth-order valence-corrected chi connectivity index (χ4v) is 4.74. The maximum absolute atomic E-state index is 6.45. The number of hydrogen-bond donors (Lipinski definition) is 0. The molecular formula is C25H26ClN. The molecule has 0 amide bonds. The molecule has 1 aliphatic heterocycles. The first-order valence-electron chi connectivity index (χ1n) is 9.68. The van der Waals surface area contributed by atoms with Gasteiger partial charge in [0.1, 0.15) is 0 Å². The molecule has 0 radical (unpaired) electrons. The monoisotopic (exact) mass is 375 g/mol. The summed E-state index contributed by atoms with van der Waals surface area (Å²) in [5.41, 5.74) is 5.42. The highest BCUT2D eigenvalue weighted by Crippen LogP contribution is 2.44. The van der Waals surface area contributed by atoms with Crippen LogP contribution in [-0.2, 0) is 12.0 Å². The second-order valence-corrected chi connectivity index (χ2v) is 8.03. The lowest BCUT2D eigenvalue weighted by Gasteiger charge is -2.31. The largest absolute Gasteiger partial charge is 0.294 e. The number of nitrogens with zero attached hydrogens (tertiary/aromatic N) is 1. The molecule has 1 heterocycles.